The number of aliphatic carboxylic acids is 1. The van der Waals surface area contributed by atoms with Crippen molar-refractivity contribution in [2.75, 3.05) is 0 Å². The molecule has 4 N–H and O–H groups in total. The molecule has 0 aliphatic carbocycles. The highest BCUT2D eigenvalue weighted by Crippen LogP contribution is 2.21. The molecule has 0 fully saturated rings. The maximum absolute atomic E-state index is 12.2. The van der Waals surface area contributed by atoms with Crippen LogP contribution in [-0.2, 0) is 14.8 Å². The quantitative estimate of drug-likeness (QED) is 0.688. The van der Waals surface area contributed by atoms with Gasteiger partial charge in [-0.25, -0.2) is 8.42 Å². The third kappa shape index (κ3) is 4.02. The number of rotatable bonds is 5. The van der Waals surface area contributed by atoms with Gasteiger partial charge in [-0.05, 0) is 31.9 Å². The van der Waals surface area contributed by atoms with Crippen LogP contribution in [-0.4, -0.2) is 25.7 Å². The fraction of sp³-hybridized carbons (Fsp3) is 0.417. The lowest BCUT2D eigenvalue weighted by atomic mass is 10.1. The molecule has 19 heavy (non-hydrogen) atoms. The van der Waals surface area contributed by atoms with Gasteiger partial charge in [-0.15, -0.1) is 0 Å². The highest BCUT2D eigenvalue weighted by atomic mass is 32.2. The number of nitrogens with one attached hydrogen (secondary N) is 1. The fourth-order valence-electron chi connectivity index (χ4n) is 2.08. The molecule has 0 heterocycles. The van der Waals surface area contributed by atoms with Crippen molar-refractivity contribution in [2.24, 2.45) is 5.73 Å². The molecular weight excluding hydrogens is 268 g/mol. The topological polar surface area (TPSA) is 109 Å². The summed E-state index contributed by atoms with van der Waals surface area (Å²) in [6.07, 6.45) is -1.62. The minimum Gasteiger partial charge on any atom is -0.481 e. The van der Waals surface area contributed by atoms with Crippen molar-refractivity contribution < 1.29 is 18.3 Å². The second-order valence-corrected chi connectivity index (χ2v) is 6.20. The van der Waals surface area contributed by atoms with Crippen LogP contribution in [0.15, 0.2) is 17.0 Å². The normalized spacial score (nSPS) is 13.3. The molecule has 0 aromatic heterocycles. The first kappa shape index (κ1) is 15.6. The van der Waals surface area contributed by atoms with E-state index in [1.807, 2.05) is 6.92 Å². The lowest BCUT2D eigenvalue weighted by Gasteiger charge is -2.16. The Kier molecular flexibility index (Phi) is 4.67. The third-order valence-corrected chi connectivity index (χ3v) is 4.37. The van der Waals surface area contributed by atoms with E-state index in [9.17, 15) is 13.2 Å². The Balaban J connectivity index is 3.11. The van der Waals surface area contributed by atoms with Gasteiger partial charge in [0.1, 0.15) is 0 Å². The van der Waals surface area contributed by atoms with Crippen LogP contribution in [0.5, 0.6) is 0 Å². The van der Waals surface area contributed by atoms with Gasteiger partial charge in [0.25, 0.3) is 0 Å². The standard InChI is InChI=1S/C12H18N2O4S/c1-7-4-8(2)12(9(3)5-7)19(17,18)14-10(13)6-11(15)16/h4-5,10,14H,6,13H2,1-3H3,(H,15,16). The predicted octanol–water partition coefficient (Wildman–Crippen LogP) is 0.650. The second kappa shape index (κ2) is 5.68. The summed E-state index contributed by atoms with van der Waals surface area (Å²) < 4.78 is 26.6. The summed E-state index contributed by atoms with van der Waals surface area (Å²) in [5, 5.41) is 8.58. The zero-order chi connectivity index (χ0) is 14.8. The SMILES string of the molecule is Cc1cc(C)c(S(=O)(=O)NC(N)CC(=O)O)c(C)c1. The number of carbonyl (C=O) groups is 1. The van der Waals surface area contributed by atoms with E-state index >= 15 is 0 Å². The number of sulfonamides is 1. The van der Waals surface area contributed by atoms with E-state index in [1.165, 1.54) is 0 Å². The van der Waals surface area contributed by atoms with E-state index < -0.39 is 28.6 Å². The summed E-state index contributed by atoms with van der Waals surface area (Å²) >= 11 is 0. The van der Waals surface area contributed by atoms with Crippen molar-refractivity contribution in [3.8, 4) is 0 Å². The number of carboxylic acid groups (broad SMARTS) is 1. The molecule has 7 heteroatoms. The summed E-state index contributed by atoms with van der Waals surface area (Å²) in [5.41, 5.74) is 7.63. The van der Waals surface area contributed by atoms with Gasteiger partial charge in [-0.2, -0.15) is 4.72 Å². The van der Waals surface area contributed by atoms with Gasteiger partial charge in [0.15, 0.2) is 0 Å². The Morgan fingerprint density at radius 3 is 2.21 bits per heavy atom. The van der Waals surface area contributed by atoms with Crippen LogP contribution in [0.2, 0.25) is 0 Å². The Hall–Kier alpha value is -1.44. The summed E-state index contributed by atoms with van der Waals surface area (Å²) in [5.74, 6) is -1.16. The number of nitrogens with two attached hydrogens (primary N) is 1. The first-order chi connectivity index (χ1) is 8.63. The van der Waals surface area contributed by atoms with Crippen molar-refractivity contribution in [1.82, 2.24) is 4.72 Å². The summed E-state index contributed by atoms with van der Waals surface area (Å²) in [6, 6.07) is 3.51. The minimum absolute atomic E-state index is 0.152. The number of hydrogen-bond acceptors (Lipinski definition) is 4. The van der Waals surface area contributed by atoms with Crippen LogP contribution in [0.25, 0.3) is 0 Å². The highest BCUT2D eigenvalue weighted by Gasteiger charge is 2.23. The molecular formula is C12H18N2O4S. The second-order valence-electron chi connectivity index (χ2n) is 4.55. The molecule has 0 spiro atoms. The molecule has 1 rings (SSSR count). The van der Waals surface area contributed by atoms with Crippen LogP contribution >= 0.6 is 0 Å². The Morgan fingerprint density at radius 1 is 1.32 bits per heavy atom. The smallest absolute Gasteiger partial charge is 0.306 e. The molecule has 0 radical (unpaired) electrons. The third-order valence-electron chi connectivity index (χ3n) is 2.57. The van der Waals surface area contributed by atoms with Crippen LogP contribution in [0.3, 0.4) is 0 Å². The van der Waals surface area contributed by atoms with E-state index in [0.717, 1.165) is 5.56 Å². The molecule has 1 atom stereocenters. The largest absolute Gasteiger partial charge is 0.481 e. The maximum Gasteiger partial charge on any atom is 0.306 e. The van der Waals surface area contributed by atoms with E-state index in [4.69, 9.17) is 10.8 Å². The van der Waals surface area contributed by atoms with Gasteiger partial charge in [-0.3, -0.25) is 4.79 Å². The molecule has 0 bridgehead atoms. The summed E-state index contributed by atoms with van der Waals surface area (Å²) in [7, 11) is -3.82. The monoisotopic (exact) mass is 286 g/mol. The van der Waals surface area contributed by atoms with Gasteiger partial charge in [-0.1, -0.05) is 17.7 Å². The molecule has 1 unspecified atom stereocenters. The van der Waals surface area contributed by atoms with Gasteiger partial charge in [0.05, 0.1) is 17.5 Å². The molecule has 6 nitrogen and oxygen atoms in total. The summed E-state index contributed by atoms with van der Waals surface area (Å²) in [6.45, 7) is 5.26. The van der Waals surface area contributed by atoms with Crippen LogP contribution < -0.4 is 10.5 Å². The predicted molar refractivity (Wildman–Crippen MR) is 71.2 cm³/mol. The van der Waals surface area contributed by atoms with Gasteiger partial charge in [0.2, 0.25) is 10.0 Å². The number of carboxylic acids is 1. The van der Waals surface area contributed by atoms with E-state index in [1.54, 1.807) is 26.0 Å². The molecule has 106 valence electrons. The lowest BCUT2D eigenvalue weighted by molar-refractivity contribution is -0.137. The molecule has 0 aliphatic heterocycles. The van der Waals surface area contributed by atoms with Gasteiger partial charge >= 0.3 is 5.97 Å². The zero-order valence-electron chi connectivity index (χ0n) is 11.1. The van der Waals surface area contributed by atoms with Crippen molar-refractivity contribution in [3.63, 3.8) is 0 Å². The minimum atomic E-state index is -3.82. The first-order valence-electron chi connectivity index (χ1n) is 5.71. The highest BCUT2D eigenvalue weighted by molar-refractivity contribution is 7.89. The zero-order valence-corrected chi connectivity index (χ0v) is 11.9. The van der Waals surface area contributed by atoms with Crippen LogP contribution in [0, 0.1) is 20.8 Å². The van der Waals surface area contributed by atoms with E-state index in [2.05, 4.69) is 4.72 Å². The van der Waals surface area contributed by atoms with E-state index in [0.29, 0.717) is 11.1 Å². The fourth-order valence-corrected chi connectivity index (χ4v) is 3.64. The van der Waals surface area contributed by atoms with Gasteiger partial charge < -0.3 is 10.8 Å². The first-order valence-corrected chi connectivity index (χ1v) is 7.19. The van der Waals surface area contributed by atoms with Gasteiger partial charge in [0, 0.05) is 0 Å². The Bertz CT molecular complexity index is 573. The molecule has 0 saturated heterocycles. The Morgan fingerprint density at radius 2 is 1.79 bits per heavy atom. The molecule has 0 amide bonds. The number of hydrogen-bond donors (Lipinski definition) is 3. The molecule has 1 aromatic rings. The lowest BCUT2D eigenvalue weighted by Crippen LogP contribution is -2.43. The van der Waals surface area contributed by atoms with Crippen LogP contribution in [0.1, 0.15) is 23.1 Å². The number of benzene rings is 1. The van der Waals surface area contributed by atoms with Crippen molar-refractivity contribution in [2.45, 2.75) is 38.3 Å². The van der Waals surface area contributed by atoms with Crippen molar-refractivity contribution >= 4 is 16.0 Å². The summed E-state index contributed by atoms with van der Waals surface area (Å²) in [4.78, 5) is 10.6. The average molecular weight is 286 g/mol. The Labute approximate surface area is 112 Å². The maximum atomic E-state index is 12.2. The van der Waals surface area contributed by atoms with Crippen molar-refractivity contribution in [3.05, 3.63) is 28.8 Å². The molecule has 1 aromatic carbocycles. The average Bonchev–Trinajstić information content (AvgIpc) is 2.10. The van der Waals surface area contributed by atoms with Crippen LogP contribution in [0.4, 0.5) is 0 Å². The van der Waals surface area contributed by atoms with Crippen molar-refractivity contribution in [1.29, 1.82) is 0 Å². The molecule has 0 aliphatic rings. The number of aryl methyl sites for hydroxylation is 3. The van der Waals surface area contributed by atoms with E-state index in [-0.39, 0.29) is 4.90 Å². The molecule has 0 saturated carbocycles.